The van der Waals surface area contributed by atoms with E-state index in [1.807, 2.05) is 30.5 Å². The van der Waals surface area contributed by atoms with Gasteiger partial charge in [0.05, 0.1) is 17.3 Å². The Balaban J connectivity index is 1.27. The van der Waals surface area contributed by atoms with Gasteiger partial charge in [0, 0.05) is 16.8 Å². The molecule has 0 fully saturated rings. The molecule has 2 aromatic heterocycles. The Bertz CT molecular complexity index is 2180. The van der Waals surface area contributed by atoms with E-state index in [0.29, 0.717) is 5.71 Å². The van der Waals surface area contributed by atoms with Gasteiger partial charge in [-0.3, -0.25) is 0 Å². The Morgan fingerprint density at radius 1 is 0.429 bits per heavy atom. The minimum atomic E-state index is 0.645. The third-order valence-corrected chi connectivity index (χ3v) is 7.90. The lowest BCUT2D eigenvalue weighted by Gasteiger charge is -2.26. The molecule has 0 saturated heterocycles. The summed E-state index contributed by atoms with van der Waals surface area (Å²) in [4.78, 5) is 7.03. The van der Waals surface area contributed by atoms with Crippen LogP contribution in [0.1, 0.15) is 0 Å². The third kappa shape index (κ3) is 4.29. The van der Waals surface area contributed by atoms with Crippen LogP contribution in [0.2, 0.25) is 0 Å². The SMILES string of the molecule is c1ccc(-c2ccc(N(c3ccc4cc(-c5ccccc5)ccc4c3)c3cnc4oc5ccccc5c4c3)cc2)cc1. The lowest BCUT2D eigenvalue weighted by Crippen LogP contribution is -2.10. The van der Waals surface area contributed by atoms with E-state index < -0.39 is 0 Å². The first-order valence-electron chi connectivity index (χ1n) is 14.1. The Hall–Kier alpha value is -5.67. The van der Waals surface area contributed by atoms with Gasteiger partial charge in [-0.1, -0.05) is 109 Å². The van der Waals surface area contributed by atoms with Crippen LogP contribution in [-0.2, 0) is 0 Å². The zero-order valence-corrected chi connectivity index (χ0v) is 22.8. The quantitative estimate of drug-likeness (QED) is 0.218. The molecular formula is C39H26N2O. The van der Waals surface area contributed by atoms with Crippen LogP contribution in [0.25, 0.3) is 55.1 Å². The number of benzene rings is 6. The molecule has 0 aliphatic carbocycles. The normalized spacial score (nSPS) is 11.3. The fourth-order valence-corrected chi connectivity index (χ4v) is 5.78. The number of aromatic nitrogens is 1. The van der Waals surface area contributed by atoms with Crippen molar-refractivity contribution < 1.29 is 4.42 Å². The van der Waals surface area contributed by atoms with Crippen LogP contribution in [0, 0.1) is 0 Å². The maximum Gasteiger partial charge on any atom is 0.227 e. The van der Waals surface area contributed by atoms with Gasteiger partial charge in [0.2, 0.25) is 5.71 Å². The third-order valence-electron chi connectivity index (χ3n) is 7.90. The van der Waals surface area contributed by atoms with Gasteiger partial charge in [0.1, 0.15) is 5.58 Å². The van der Waals surface area contributed by atoms with Crippen molar-refractivity contribution in [2.45, 2.75) is 0 Å². The molecule has 3 nitrogen and oxygen atoms in total. The zero-order chi connectivity index (χ0) is 27.9. The molecule has 8 rings (SSSR count). The Labute approximate surface area is 243 Å². The largest absolute Gasteiger partial charge is 0.438 e. The summed E-state index contributed by atoms with van der Waals surface area (Å²) >= 11 is 0. The number of furan rings is 1. The van der Waals surface area contributed by atoms with Crippen molar-refractivity contribution in [2.24, 2.45) is 0 Å². The van der Waals surface area contributed by atoms with E-state index in [-0.39, 0.29) is 0 Å². The van der Waals surface area contributed by atoms with Crippen LogP contribution in [0.5, 0.6) is 0 Å². The molecule has 0 radical (unpaired) electrons. The van der Waals surface area contributed by atoms with Gasteiger partial charge in [-0.25, -0.2) is 4.98 Å². The van der Waals surface area contributed by atoms with Crippen molar-refractivity contribution >= 4 is 49.9 Å². The molecule has 8 aromatic rings. The van der Waals surface area contributed by atoms with E-state index in [0.717, 1.165) is 33.4 Å². The lowest BCUT2D eigenvalue weighted by molar-refractivity contribution is 0.654. The van der Waals surface area contributed by atoms with E-state index in [4.69, 9.17) is 9.40 Å². The number of hydrogen-bond donors (Lipinski definition) is 0. The highest BCUT2D eigenvalue weighted by atomic mass is 16.3. The van der Waals surface area contributed by atoms with Crippen LogP contribution in [0.3, 0.4) is 0 Å². The number of rotatable bonds is 5. The summed E-state index contributed by atoms with van der Waals surface area (Å²) in [6.07, 6.45) is 1.90. The summed E-state index contributed by atoms with van der Waals surface area (Å²) in [6, 6.07) is 53.4. The minimum Gasteiger partial charge on any atom is -0.438 e. The van der Waals surface area contributed by atoms with Crippen molar-refractivity contribution in [3.8, 4) is 22.3 Å². The molecule has 0 spiro atoms. The van der Waals surface area contributed by atoms with Crippen LogP contribution in [0.15, 0.2) is 162 Å². The molecule has 0 bridgehead atoms. The molecule has 3 heteroatoms. The number of hydrogen-bond acceptors (Lipinski definition) is 3. The molecule has 0 saturated carbocycles. The van der Waals surface area contributed by atoms with Crippen molar-refractivity contribution in [1.29, 1.82) is 0 Å². The Kier molecular flexibility index (Phi) is 5.79. The fourth-order valence-electron chi connectivity index (χ4n) is 5.78. The summed E-state index contributed by atoms with van der Waals surface area (Å²) in [5.74, 6) is 0. The summed E-state index contributed by atoms with van der Waals surface area (Å²) < 4.78 is 6.04. The van der Waals surface area contributed by atoms with Gasteiger partial charge in [0.15, 0.2) is 0 Å². The van der Waals surface area contributed by atoms with E-state index in [2.05, 4.69) is 132 Å². The van der Waals surface area contributed by atoms with Crippen molar-refractivity contribution in [3.05, 3.63) is 158 Å². The lowest BCUT2D eigenvalue weighted by atomic mass is 10.0. The summed E-state index contributed by atoms with van der Waals surface area (Å²) in [5, 5.41) is 4.45. The van der Waals surface area contributed by atoms with E-state index >= 15 is 0 Å². The summed E-state index contributed by atoms with van der Waals surface area (Å²) in [6.45, 7) is 0. The molecule has 2 heterocycles. The predicted molar refractivity (Wildman–Crippen MR) is 175 cm³/mol. The van der Waals surface area contributed by atoms with E-state index in [1.54, 1.807) is 0 Å². The highest BCUT2D eigenvalue weighted by Gasteiger charge is 2.17. The maximum atomic E-state index is 6.04. The van der Waals surface area contributed by atoms with Crippen LogP contribution in [0.4, 0.5) is 17.1 Å². The molecule has 0 N–H and O–H groups in total. The van der Waals surface area contributed by atoms with Crippen molar-refractivity contribution in [3.63, 3.8) is 0 Å². The first-order valence-corrected chi connectivity index (χ1v) is 14.1. The number of fused-ring (bicyclic) bond motifs is 4. The maximum absolute atomic E-state index is 6.04. The van der Waals surface area contributed by atoms with Gasteiger partial charge in [0.25, 0.3) is 0 Å². The molecule has 0 unspecified atom stereocenters. The topological polar surface area (TPSA) is 29.3 Å². The van der Waals surface area contributed by atoms with Gasteiger partial charge >= 0.3 is 0 Å². The monoisotopic (exact) mass is 538 g/mol. The summed E-state index contributed by atoms with van der Waals surface area (Å²) in [5.41, 5.74) is 9.40. The van der Waals surface area contributed by atoms with Crippen LogP contribution < -0.4 is 4.90 Å². The molecule has 6 aromatic carbocycles. The van der Waals surface area contributed by atoms with E-state index in [9.17, 15) is 0 Å². The van der Waals surface area contributed by atoms with E-state index in [1.165, 1.54) is 33.0 Å². The minimum absolute atomic E-state index is 0.645. The van der Waals surface area contributed by atoms with Gasteiger partial charge in [-0.05, 0) is 75.5 Å². The fraction of sp³-hybridized carbons (Fsp3) is 0. The van der Waals surface area contributed by atoms with Gasteiger partial charge in [-0.15, -0.1) is 0 Å². The first-order chi connectivity index (χ1) is 20.8. The Morgan fingerprint density at radius 3 is 1.81 bits per heavy atom. The van der Waals surface area contributed by atoms with Gasteiger partial charge < -0.3 is 9.32 Å². The predicted octanol–water partition coefficient (Wildman–Crippen LogP) is 10.9. The molecule has 0 aliphatic heterocycles. The second kappa shape index (κ2) is 10.1. The molecular weight excluding hydrogens is 512 g/mol. The number of pyridine rings is 1. The average Bonchev–Trinajstić information content (AvgIpc) is 3.44. The average molecular weight is 539 g/mol. The van der Waals surface area contributed by atoms with Crippen LogP contribution in [-0.4, -0.2) is 4.98 Å². The molecule has 198 valence electrons. The zero-order valence-electron chi connectivity index (χ0n) is 22.8. The first kappa shape index (κ1) is 24.2. The molecule has 0 aliphatic rings. The second-order valence-electron chi connectivity index (χ2n) is 10.5. The molecule has 0 atom stereocenters. The summed E-state index contributed by atoms with van der Waals surface area (Å²) in [7, 11) is 0. The van der Waals surface area contributed by atoms with Crippen LogP contribution >= 0.6 is 0 Å². The smallest absolute Gasteiger partial charge is 0.227 e. The van der Waals surface area contributed by atoms with Gasteiger partial charge in [-0.2, -0.15) is 0 Å². The van der Waals surface area contributed by atoms with Crippen molar-refractivity contribution in [2.75, 3.05) is 4.90 Å². The molecule has 0 amide bonds. The highest BCUT2D eigenvalue weighted by Crippen LogP contribution is 2.39. The van der Waals surface area contributed by atoms with Crippen molar-refractivity contribution in [1.82, 2.24) is 4.98 Å². The number of nitrogens with zero attached hydrogens (tertiary/aromatic N) is 2. The molecule has 42 heavy (non-hydrogen) atoms. The Morgan fingerprint density at radius 2 is 1.02 bits per heavy atom. The number of para-hydroxylation sites is 1. The highest BCUT2D eigenvalue weighted by molar-refractivity contribution is 6.05. The standard InChI is InChI=1S/C39H26N2O/c1-3-9-27(10-4-1)29-17-20-33(21-18-29)41(35-25-37-36-13-7-8-14-38(36)42-39(37)40-26-35)34-22-19-31-23-30(15-16-32(31)24-34)28-11-5-2-6-12-28/h1-26H. The second-order valence-corrected chi connectivity index (χ2v) is 10.5. The number of anilines is 3.